The van der Waals surface area contributed by atoms with Crippen molar-refractivity contribution >= 4 is 0 Å². The van der Waals surface area contributed by atoms with Crippen molar-refractivity contribution in [1.29, 1.82) is 0 Å². The van der Waals surface area contributed by atoms with Crippen molar-refractivity contribution in [3.63, 3.8) is 0 Å². The van der Waals surface area contributed by atoms with Crippen LogP contribution in [0.5, 0.6) is 5.75 Å². The molecule has 1 aliphatic rings. The minimum Gasteiger partial charge on any atom is -0.489 e. The zero-order valence-electron chi connectivity index (χ0n) is 14.0. The summed E-state index contributed by atoms with van der Waals surface area (Å²) in [6.45, 7) is 1.42. The maximum absolute atomic E-state index is 5.85. The Morgan fingerprint density at radius 2 is 1.68 bits per heavy atom. The smallest absolute Gasteiger partial charge is 0.119 e. The van der Waals surface area contributed by atoms with Crippen LogP contribution in [0.25, 0.3) is 0 Å². The normalized spacial score (nSPS) is 18.7. The Bertz CT molecular complexity index is 790. The van der Waals surface area contributed by atoms with Gasteiger partial charge in [-0.3, -0.25) is 0 Å². The Hall–Kier alpha value is -2.72. The second kappa shape index (κ2) is 7.45. The Kier molecular flexibility index (Phi) is 4.70. The highest BCUT2D eigenvalue weighted by Crippen LogP contribution is 2.41. The predicted octanol–water partition coefficient (Wildman–Crippen LogP) is 3.70. The molecule has 1 fully saturated rings. The third-order valence-corrected chi connectivity index (χ3v) is 4.53. The number of nitrogens with zero attached hydrogens (tertiary/aromatic N) is 2. The summed E-state index contributed by atoms with van der Waals surface area (Å²) in [7, 11) is 0. The van der Waals surface area contributed by atoms with E-state index in [0.29, 0.717) is 18.6 Å². The van der Waals surface area contributed by atoms with Gasteiger partial charge in [-0.15, -0.1) is 0 Å². The molecule has 1 aliphatic carbocycles. The molecule has 2 unspecified atom stereocenters. The Morgan fingerprint density at radius 3 is 2.44 bits per heavy atom. The highest BCUT2D eigenvalue weighted by Gasteiger charge is 2.37. The van der Waals surface area contributed by atoms with E-state index in [4.69, 9.17) is 4.74 Å². The van der Waals surface area contributed by atoms with Crippen molar-refractivity contribution in [2.45, 2.75) is 31.5 Å². The molecule has 1 heterocycles. The Balaban J connectivity index is 1.27. The lowest BCUT2D eigenvalue weighted by Gasteiger charge is -2.08. The van der Waals surface area contributed by atoms with Gasteiger partial charge in [0, 0.05) is 36.5 Å². The fraction of sp³-hybridized carbons (Fsp3) is 0.238. The number of benzene rings is 2. The third kappa shape index (κ3) is 4.22. The van der Waals surface area contributed by atoms with E-state index < -0.39 is 0 Å². The number of rotatable bonds is 7. The van der Waals surface area contributed by atoms with E-state index in [9.17, 15) is 0 Å². The van der Waals surface area contributed by atoms with Crippen LogP contribution in [0.1, 0.15) is 29.0 Å². The van der Waals surface area contributed by atoms with Crippen LogP contribution >= 0.6 is 0 Å². The van der Waals surface area contributed by atoms with E-state index >= 15 is 0 Å². The molecule has 0 saturated heterocycles. The van der Waals surface area contributed by atoms with E-state index in [2.05, 4.69) is 51.7 Å². The van der Waals surface area contributed by atoms with Gasteiger partial charge < -0.3 is 10.1 Å². The summed E-state index contributed by atoms with van der Waals surface area (Å²) in [6, 6.07) is 19.3. The van der Waals surface area contributed by atoms with Crippen molar-refractivity contribution in [2.75, 3.05) is 0 Å². The maximum Gasteiger partial charge on any atom is 0.119 e. The lowest BCUT2D eigenvalue weighted by molar-refractivity contribution is 0.306. The first-order valence-corrected chi connectivity index (χ1v) is 8.62. The first-order valence-electron chi connectivity index (χ1n) is 8.62. The van der Waals surface area contributed by atoms with Crippen molar-refractivity contribution in [1.82, 2.24) is 15.3 Å². The monoisotopic (exact) mass is 331 g/mol. The summed E-state index contributed by atoms with van der Waals surface area (Å²) in [5, 5.41) is 3.57. The van der Waals surface area contributed by atoms with Crippen molar-refractivity contribution in [2.24, 2.45) is 0 Å². The van der Waals surface area contributed by atoms with Gasteiger partial charge in [-0.05, 0) is 29.7 Å². The summed E-state index contributed by atoms with van der Waals surface area (Å²) in [6.07, 6.45) is 6.45. The largest absolute Gasteiger partial charge is 0.489 e. The average Bonchev–Trinajstić information content (AvgIpc) is 3.47. The molecule has 0 bridgehead atoms. The topological polar surface area (TPSA) is 47.0 Å². The fourth-order valence-corrected chi connectivity index (χ4v) is 3.01. The van der Waals surface area contributed by atoms with Gasteiger partial charge in [0.25, 0.3) is 0 Å². The second-order valence-electron chi connectivity index (χ2n) is 6.42. The zero-order chi connectivity index (χ0) is 16.9. The highest BCUT2D eigenvalue weighted by atomic mass is 16.5. The summed E-state index contributed by atoms with van der Waals surface area (Å²) < 4.78 is 5.85. The molecule has 25 heavy (non-hydrogen) atoms. The molecule has 3 aromatic rings. The molecule has 4 nitrogen and oxygen atoms in total. The van der Waals surface area contributed by atoms with Crippen LogP contribution in [-0.2, 0) is 13.2 Å². The van der Waals surface area contributed by atoms with Gasteiger partial charge in [0.2, 0.25) is 0 Å². The first kappa shape index (κ1) is 15.8. The molecule has 1 aromatic heterocycles. The van der Waals surface area contributed by atoms with Crippen molar-refractivity contribution in [3.05, 3.63) is 90.0 Å². The molecule has 4 rings (SSSR count). The lowest BCUT2D eigenvalue weighted by Crippen LogP contribution is -2.17. The van der Waals surface area contributed by atoms with Crippen LogP contribution in [0, 0.1) is 0 Å². The first-order chi connectivity index (χ1) is 12.4. The van der Waals surface area contributed by atoms with Gasteiger partial charge in [0.05, 0.1) is 0 Å². The molecule has 1 saturated carbocycles. The standard InChI is InChI=1S/C21H21N3O/c1-2-4-16(5-3-1)14-25-19-8-6-18(7-9-19)20-10-21(20)24-13-17-11-22-15-23-12-17/h1-9,11-12,15,20-21,24H,10,13-14H2. The van der Waals surface area contributed by atoms with Crippen LogP contribution in [0.2, 0.25) is 0 Å². The zero-order valence-corrected chi connectivity index (χ0v) is 14.0. The molecular weight excluding hydrogens is 310 g/mol. The molecule has 1 N–H and O–H groups in total. The van der Waals surface area contributed by atoms with Crippen molar-refractivity contribution < 1.29 is 4.74 Å². The van der Waals surface area contributed by atoms with Crippen LogP contribution in [0.4, 0.5) is 0 Å². The minimum absolute atomic E-state index is 0.538. The molecule has 0 spiro atoms. The molecular formula is C21H21N3O. The third-order valence-electron chi connectivity index (χ3n) is 4.53. The Morgan fingerprint density at radius 1 is 0.920 bits per heavy atom. The highest BCUT2D eigenvalue weighted by molar-refractivity contribution is 5.34. The van der Waals surface area contributed by atoms with E-state index in [1.54, 1.807) is 6.33 Å². The van der Waals surface area contributed by atoms with E-state index in [1.165, 1.54) is 17.5 Å². The van der Waals surface area contributed by atoms with Crippen LogP contribution in [-0.4, -0.2) is 16.0 Å². The van der Waals surface area contributed by atoms with Crippen molar-refractivity contribution in [3.8, 4) is 5.75 Å². The van der Waals surface area contributed by atoms with Gasteiger partial charge in [-0.2, -0.15) is 0 Å². The summed E-state index contributed by atoms with van der Waals surface area (Å²) in [5.74, 6) is 1.51. The minimum atomic E-state index is 0.538. The molecule has 2 aromatic carbocycles. The van der Waals surface area contributed by atoms with Gasteiger partial charge in [-0.25, -0.2) is 9.97 Å². The quantitative estimate of drug-likeness (QED) is 0.717. The molecule has 4 heteroatoms. The summed E-state index contributed by atoms with van der Waals surface area (Å²) in [4.78, 5) is 8.09. The van der Waals surface area contributed by atoms with E-state index in [0.717, 1.165) is 17.9 Å². The van der Waals surface area contributed by atoms with Gasteiger partial charge in [0.15, 0.2) is 0 Å². The number of aromatic nitrogens is 2. The number of nitrogens with one attached hydrogen (secondary N) is 1. The number of hydrogen-bond donors (Lipinski definition) is 1. The molecule has 2 atom stereocenters. The summed E-state index contributed by atoms with van der Waals surface area (Å²) in [5.41, 5.74) is 3.68. The van der Waals surface area contributed by atoms with Crippen LogP contribution in [0.3, 0.4) is 0 Å². The van der Waals surface area contributed by atoms with Gasteiger partial charge >= 0.3 is 0 Å². The average molecular weight is 331 g/mol. The SMILES string of the molecule is c1ccc(COc2ccc(C3CC3NCc3cncnc3)cc2)cc1. The summed E-state index contributed by atoms with van der Waals surface area (Å²) >= 11 is 0. The molecule has 0 radical (unpaired) electrons. The Labute approximate surface area is 147 Å². The van der Waals surface area contributed by atoms with Crippen LogP contribution in [0.15, 0.2) is 73.3 Å². The molecule has 0 aliphatic heterocycles. The van der Waals surface area contributed by atoms with E-state index in [-0.39, 0.29) is 0 Å². The number of hydrogen-bond acceptors (Lipinski definition) is 4. The maximum atomic E-state index is 5.85. The van der Waals surface area contributed by atoms with Crippen LogP contribution < -0.4 is 10.1 Å². The molecule has 0 amide bonds. The molecule has 126 valence electrons. The fourth-order valence-electron chi connectivity index (χ4n) is 3.01. The van der Waals surface area contributed by atoms with E-state index in [1.807, 2.05) is 30.6 Å². The second-order valence-corrected chi connectivity index (χ2v) is 6.42. The number of ether oxygens (including phenoxy) is 1. The predicted molar refractivity (Wildman–Crippen MR) is 97.2 cm³/mol. The van der Waals surface area contributed by atoms with Gasteiger partial charge in [-0.1, -0.05) is 42.5 Å². The van der Waals surface area contributed by atoms with Gasteiger partial charge in [0.1, 0.15) is 18.7 Å². The lowest BCUT2D eigenvalue weighted by atomic mass is 10.1.